The van der Waals surface area contributed by atoms with Gasteiger partial charge in [0.2, 0.25) is 11.8 Å². The van der Waals surface area contributed by atoms with Gasteiger partial charge in [0, 0.05) is 18.2 Å². The van der Waals surface area contributed by atoms with Crippen LogP contribution in [0, 0.1) is 6.92 Å². The first-order valence-electron chi connectivity index (χ1n) is 4.62. The summed E-state index contributed by atoms with van der Waals surface area (Å²) in [7, 11) is 0. The molecule has 16 heavy (non-hydrogen) atoms. The van der Waals surface area contributed by atoms with Gasteiger partial charge in [-0.3, -0.25) is 0 Å². The minimum Gasteiger partial charge on any atom is -0.421 e. The molecule has 0 amide bonds. The third-order valence-electron chi connectivity index (χ3n) is 1.90. The highest BCUT2D eigenvalue weighted by molar-refractivity contribution is 7.80. The van der Waals surface area contributed by atoms with Crippen molar-refractivity contribution in [2.45, 2.75) is 6.92 Å². The summed E-state index contributed by atoms with van der Waals surface area (Å²) in [6, 6.07) is 7.42. The fraction of sp³-hybridized carbons (Fsp3) is 0.100. The molecule has 0 fully saturated rings. The van der Waals surface area contributed by atoms with Gasteiger partial charge in [-0.25, -0.2) is 0 Å². The number of aromatic nitrogens is 2. The Bertz CT molecular complexity index is 523. The lowest BCUT2D eigenvalue weighted by atomic mass is 10.2. The van der Waals surface area contributed by atoms with Crippen LogP contribution in [0.2, 0.25) is 0 Å². The lowest BCUT2D eigenvalue weighted by molar-refractivity contribution is 0.533. The van der Waals surface area contributed by atoms with Crippen molar-refractivity contribution in [2.75, 3.05) is 5.32 Å². The number of aryl methyl sites for hydroxylation is 1. The number of hydrogen-bond acceptors (Lipinski definition) is 4. The fourth-order valence-electron chi connectivity index (χ4n) is 1.29. The number of rotatable bonds is 2. The molecule has 0 unspecified atom stereocenters. The van der Waals surface area contributed by atoms with Crippen LogP contribution in [0.5, 0.6) is 0 Å². The molecule has 0 radical (unpaired) electrons. The molecule has 0 aliphatic rings. The molecule has 82 valence electrons. The zero-order chi connectivity index (χ0) is 11.5. The van der Waals surface area contributed by atoms with Crippen molar-refractivity contribution >= 4 is 23.0 Å². The largest absolute Gasteiger partial charge is 0.421 e. The van der Waals surface area contributed by atoms with Gasteiger partial charge < -0.3 is 15.5 Å². The van der Waals surface area contributed by atoms with Crippen molar-refractivity contribution < 1.29 is 4.42 Å². The van der Waals surface area contributed by atoms with Crippen molar-refractivity contribution in [1.82, 2.24) is 10.2 Å². The zero-order valence-electron chi connectivity index (χ0n) is 8.60. The molecule has 0 aliphatic heterocycles. The van der Waals surface area contributed by atoms with Gasteiger partial charge in [-0.15, -0.1) is 10.2 Å². The number of nitrogens with two attached hydrogens (primary N) is 1. The minimum atomic E-state index is 0.221. The average molecular weight is 234 g/mol. The Morgan fingerprint density at radius 3 is 2.88 bits per heavy atom. The van der Waals surface area contributed by atoms with E-state index in [9.17, 15) is 0 Å². The Kier molecular flexibility index (Phi) is 2.82. The molecule has 2 aromatic rings. The van der Waals surface area contributed by atoms with E-state index in [0.29, 0.717) is 11.8 Å². The minimum absolute atomic E-state index is 0.221. The van der Waals surface area contributed by atoms with E-state index in [1.165, 1.54) is 0 Å². The van der Waals surface area contributed by atoms with Gasteiger partial charge in [-0.1, -0.05) is 6.07 Å². The van der Waals surface area contributed by atoms with Crippen molar-refractivity contribution in [3.8, 4) is 11.5 Å². The zero-order valence-corrected chi connectivity index (χ0v) is 9.41. The molecule has 5 nitrogen and oxygen atoms in total. The van der Waals surface area contributed by atoms with E-state index in [0.717, 1.165) is 11.3 Å². The van der Waals surface area contributed by atoms with Crippen molar-refractivity contribution in [2.24, 2.45) is 5.73 Å². The Morgan fingerprint density at radius 2 is 2.25 bits per heavy atom. The molecule has 0 aliphatic carbocycles. The highest BCUT2D eigenvalue weighted by Crippen LogP contribution is 2.21. The van der Waals surface area contributed by atoms with E-state index < -0.39 is 0 Å². The number of anilines is 1. The molecule has 1 aromatic heterocycles. The van der Waals surface area contributed by atoms with Gasteiger partial charge in [0.05, 0.1) is 0 Å². The van der Waals surface area contributed by atoms with Crippen molar-refractivity contribution in [1.29, 1.82) is 0 Å². The van der Waals surface area contributed by atoms with Crippen LogP contribution in [0.25, 0.3) is 11.5 Å². The summed E-state index contributed by atoms with van der Waals surface area (Å²) in [6.45, 7) is 1.74. The van der Waals surface area contributed by atoms with Crippen molar-refractivity contribution in [3.05, 3.63) is 30.2 Å². The van der Waals surface area contributed by atoms with Crippen LogP contribution in [0.1, 0.15) is 5.89 Å². The number of nitrogens with zero attached hydrogens (tertiary/aromatic N) is 2. The van der Waals surface area contributed by atoms with Crippen molar-refractivity contribution in [3.63, 3.8) is 0 Å². The standard InChI is InChI=1S/C10H10N4OS/c1-6-13-14-9(15-6)7-3-2-4-8(5-7)12-10(11)16/h2-5H,1H3,(H3,11,12,16). The molecule has 2 rings (SSSR count). The van der Waals surface area contributed by atoms with E-state index in [2.05, 4.69) is 15.5 Å². The van der Waals surface area contributed by atoms with Gasteiger partial charge in [-0.05, 0) is 30.4 Å². The maximum atomic E-state index is 5.39. The SMILES string of the molecule is Cc1nnc(-c2cccc(NC(N)=S)c2)o1. The summed E-state index contributed by atoms with van der Waals surface area (Å²) in [4.78, 5) is 0. The number of thiocarbonyl (C=S) groups is 1. The Labute approximate surface area is 97.7 Å². The van der Waals surface area contributed by atoms with E-state index in [4.69, 9.17) is 22.4 Å². The van der Waals surface area contributed by atoms with E-state index in [1.54, 1.807) is 6.92 Å². The van der Waals surface area contributed by atoms with E-state index >= 15 is 0 Å². The number of nitrogens with one attached hydrogen (secondary N) is 1. The highest BCUT2D eigenvalue weighted by atomic mass is 32.1. The second-order valence-corrected chi connectivity index (χ2v) is 3.64. The molecule has 6 heteroatoms. The topological polar surface area (TPSA) is 77.0 Å². The monoisotopic (exact) mass is 234 g/mol. The van der Waals surface area contributed by atoms with Crippen LogP contribution in [0.3, 0.4) is 0 Å². The van der Waals surface area contributed by atoms with Gasteiger partial charge in [0.25, 0.3) is 0 Å². The van der Waals surface area contributed by atoms with Crippen LogP contribution in [0.15, 0.2) is 28.7 Å². The number of benzene rings is 1. The Morgan fingerprint density at radius 1 is 1.44 bits per heavy atom. The molecule has 1 aromatic carbocycles. The normalized spacial score (nSPS) is 10.1. The predicted octanol–water partition coefficient (Wildman–Crippen LogP) is 1.70. The lowest BCUT2D eigenvalue weighted by Gasteiger charge is -2.03. The molecule has 0 spiro atoms. The maximum absolute atomic E-state index is 5.39. The second kappa shape index (κ2) is 4.28. The van der Waals surface area contributed by atoms with Crippen LogP contribution in [-0.2, 0) is 0 Å². The lowest BCUT2D eigenvalue weighted by Crippen LogP contribution is -2.18. The molecule has 0 bridgehead atoms. The van der Waals surface area contributed by atoms with Crippen LogP contribution < -0.4 is 11.1 Å². The van der Waals surface area contributed by atoms with E-state index in [-0.39, 0.29) is 5.11 Å². The molecular formula is C10H10N4OS. The maximum Gasteiger partial charge on any atom is 0.247 e. The summed E-state index contributed by atoms with van der Waals surface area (Å²) in [5.41, 5.74) is 7.00. The molecule has 0 atom stereocenters. The van der Waals surface area contributed by atoms with Crippen LogP contribution in [-0.4, -0.2) is 15.3 Å². The third kappa shape index (κ3) is 2.34. The summed E-state index contributed by atoms with van der Waals surface area (Å²) >= 11 is 4.76. The van der Waals surface area contributed by atoms with Gasteiger partial charge in [0.1, 0.15) is 0 Å². The summed E-state index contributed by atoms with van der Waals surface area (Å²) in [5.74, 6) is 1.01. The van der Waals surface area contributed by atoms with Gasteiger partial charge in [0.15, 0.2) is 5.11 Å². The first-order valence-corrected chi connectivity index (χ1v) is 5.03. The van der Waals surface area contributed by atoms with E-state index in [1.807, 2.05) is 24.3 Å². The molecular weight excluding hydrogens is 224 g/mol. The fourth-order valence-corrected chi connectivity index (χ4v) is 1.40. The highest BCUT2D eigenvalue weighted by Gasteiger charge is 2.06. The summed E-state index contributed by atoms with van der Waals surface area (Å²) < 4.78 is 5.32. The first kappa shape index (κ1) is 10.6. The number of hydrogen-bond donors (Lipinski definition) is 2. The molecule has 1 heterocycles. The first-order chi connectivity index (χ1) is 7.65. The second-order valence-electron chi connectivity index (χ2n) is 3.20. The quantitative estimate of drug-likeness (QED) is 0.770. The van der Waals surface area contributed by atoms with Gasteiger partial charge in [-0.2, -0.15) is 0 Å². The van der Waals surface area contributed by atoms with Gasteiger partial charge >= 0.3 is 0 Å². The Balaban J connectivity index is 2.32. The summed E-state index contributed by atoms with van der Waals surface area (Å²) in [5, 5.41) is 10.8. The molecule has 0 saturated carbocycles. The average Bonchev–Trinajstić information content (AvgIpc) is 2.64. The van der Waals surface area contributed by atoms with Crippen LogP contribution in [0.4, 0.5) is 5.69 Å². The summed E-state index contributed by atoms with van der Waals surface area (Å²) in [6.07, 6.45) is 0. The third-order valence-corrected chi connectivity index (χ3v) is 2.01. The predicted molar refractivity (Wildman–Crippen MR) is 64.9 cm³/mol. The molecule has 0 saturated heterocycles. The smallest absolute Gasteiger partial charge is 0.247 e. The molecule has 3 N–H and O–H groups in total. The van der Waals surface area contributed by atoms with Crippen LogP contribution >= 0.6 is 12.2 Å². The Hall–Kier alpha value is -1.95.